The largest absolute Gasteiger partial charge is 0.342 e. The maximum Gasteiger partial charge on any atom is 0.246 e. The second kappa shape index (κ2) is 12.0. The van der Waals surface area contributed by atoms with Crippen LogP contribution in [0, 0.1) is 25.7 Å². The van der Waals surface area contributed by atoms with Crippen LogP contribution in [0.5, 0.6) is 0 Å². The average Bonchev–Trinajstić information content (AvgIpc) is 3.23. The van der Waals surface area contributed by atoms with E-state index in [1.54, 1.807) is 0 Å². The molecular formula is C31H45N5O2. The predicted octanol–water partition coefficient (Wildman–Crippen LogP) is 4.78. The van der Waals surface area contributed by atoms with Crippen LogP contribution in [0.25, 0.3) is 5.69 Å². The van der Waals surface area contributed by atoms with Gasteiger partial charge in [-0.2, -0.15) is 5.10 Å². The van der Waals surface area contributed by atoms with Gasteiger partial charge in [-0.1, -0.05) is 50.8 Å². The lowest BCUT2D eigenvalue weighted by Crippen LogP contribution is -2.67. The van der Waals surface area contributed by atoms with E-state index in [1.807, 2.05) is 27.8 Å². The van der Waals surface area contributed by atoms with Gasteiger partial charge in [-0.3, -0.25) is 14.5 Å². The third-order valence-corrected chi connectivity index (χ3v) is 9.23. The zero-order valence-corrected chi connectivity index (χ0v) is 23.5. The first-order valence-corrected chi connectivity index (χ1v) is 14.9. The molecule has 1 saturated carbocycles. The van der Waals surface area contributed by atoms with E-state index in [0.717, 1.165) is 69.5 Å². The van der Waals surface area contributed by atoms with E-state index in [9.17, 15) is 9.59 Å². The van der Waals surface area contributed by atoms with E-state index in [4.69, 9.17) is 5.10 Å². The number of piperazine rings is 1. The van der Waals surface area contributed by atoms with Gasteiger partial charge in [0.15, 0.2) is 0 Å². The molecule has 7 heteroatoms. The van der Waals surface area contributed by atoms with Crippen LogP contribution < -0.4 is 5.32 Å². The quantitative estimate of drug-likeness (QED) is 0.545. The molecule has 2 aliphatic heterocycles. The first-order chi connectivity index (χ1) is 18.5. The minimum Gasteiger partial charge on any atom is -0.342 e. The molecule has 0 spiro atoms. The van der Waals surface area contributed by atoms with Crippen molar-refractivity contribution in [1.82, 2.24) is 24.9 Å². The molecule has 7 nitrogen and oxygen atoms in total. The molecule has 3 aliphatic rings. The van der Waals surface area contributed by atoms with Gasteiger partial charge >= 0.3 is 0 Å². The van der Waals surface area contributed by atoms with E-state index >= 15 is 0 Å². The Morgan fingerprint density at radius 3 is 2.34 bits per heavy atom. The number of nitrogens with zero attached hydrogens (tertiary/aromatic N) is 4. The topological polar surface area (TPSA) is 70.5 Å². The second-order valence-corrected chi connectivity index (χ2v) is 11.7. The highest BCUT2D eigenvalue weighted by Crippen LogP contribution is 2.33. The molecule has 2 atom stereocenters. The number of piperidine rings is 1. The Hall–Kier alpha value is -2.67. The third-order valence-electron chi connectivity index (χ3n) is 9.23. The normalized spacial score (nSPS) is 24.1. The number of aromatic nitrogens is 2. The van der Waals surface area contributed by atoms with Crippen LogP contribution in [0.4, 0.5) is 0 Å². The molecule has 1 aromatic carbocycles. The van der Waals surface area contributed by atoms with Crippen molar-refractivity contribution in [3.63, 3.8) is 0 Å². The summed E-state index contributed by atoms with van der Waals surface area (Å²) >= 11 is 0. The zero-order valence-electron chi connectivity index (χ0n) is 23.5. The molecule has 2 saturated heterocycles. The minimum absolute atomic E-state index is 0.0885. The SMILES string of the molecule is CCCCN1C(=O)[C@H](C2CCCCC2)NC(=O)[C@@H]1C1CCN(Cc2c(C)nn(-c3ccccc3)c2C)CC1. The predicted molar refractivity (Wildman–Crippen MR) is 150 cm³/mol. The number of nitrogens with one attached hydrogen (secondary N) is 1. The first-order valence-electron chi connectivity index (χ1n) is 14.9. The molecule has 2 amide bonds. The molecular weight excluding hydrogens is 474 g/mol. The van der Waals surface area contributed by atoms with Crippen molar-refractivity contribution in [3.8, 4) is 5.69 Å². The Labute approximate surface area is 227 Å². The molecule has 38 heavy (non-hydrogen) atoms. The summed E-state index contributed by atoms with van der Waals surface area (Å²) < 4.78 is 2.05. The lowest BCUT2D eigenvalue weighted by molar-refractivity contribution is -0.154. The first kappa shape index (κ1) is 26.9. The van der Waals surface area contributed by atoms with Crippen molar-refractivity contribution < 1.29 is 9.59 Å². The summed E-state index contributed by atoms with van der Waals surface area (Å²) in [6.07, 6.45) is 9.56. The molecule has 3 heterocycles. The molecule has 0 radical (unpaired) electrons. The number of amides is 2. The van der Waals surface area contributed by atoms with Crippen LogP contribution >= 0.6 is 0 Å². The molecule has 1 N–H and O–H groups in total. The van der Waals surface area contributed by atoms with Gasteiger partial charge < -0.3 is 10.2 Å². The van der Waals surface area contributed by atoms with Crippen molar-refractivity contribution in [2.45, 2.75) is 97.2 Å². The number of rotatable bonds is 8. The van der Waals surface area contributed by atoms with Crippen LogP contribution in [0.2, 0.25) is 0 Å². The van der Waals surface area contributed by atoms with Crippen LogP contribution in [0.3, 0.4) is 0 Å². The molecule has 2 aromatic rings. The summed E-state index contributed by atoms with van der Waals surface area (Å²) in [5.74, 6) is 0.784. The Morgan fingerprint density at radius 2 is 1.66 bits per heavy atom. The summed E-state index contributed by atoms with van der Waals surface area (Å²) in [6, 6.07) is 9.67. The number of benzene rings is 1. The van der Waals surface area contributed by atoms with Crippen molar-refractivity contribution in [1.29, 1.82) is 0 Å². The fraction of sp³-hybridized carbons (Fsp3) is 0.645. The van der Waals surface area contributed by atoms with Crippen LogP contribution in [0.15, 0.2) is 30.3 Å². The number of carbonyl (C=O) groups is 2. The van der Waals surface area contributed by atoms with Gasteiger partial charge in [-0.25, -0.2) is 4.68 Å². The highest BCUT2D eigenvalue weighted by atomic mass is 16.2. The van der Waals surface area contributed by atoms with Crippen LogP contribution in [-0.2, 0) is 16.1 Å². The van der Waals surface area contributed by atoms with Crippen LogP contribution in [0.1, 0.15) is 81.7 Å². The number of aryl methyl sites for hydroxylation is 1. The molecule has 1 aromatic heterocycles. The average molecular weight is 520 g/mol. The zero-order chi connectivity index (χ0) is 26.6. The Bertz CT molecular complexity index is 1100. The number of para-hydroxylation sites is 1. The smallest absolute Gasteiger partial charge is 0.246 e. The summed E-state index contributed by atoms with van der Waals surface area (Å²) in [5.41, 5.74) is 4.64. The molecule has 206 valence electrons. The van der Waals surface area contributed by atoms with Crippen molar-refractivity contribution in [2.75, 3.05) is 19.6 Å². The van der Waals surface area contributed by atoms with Crippen molar-refractivity contribution in [3.05, 3.63) is 47.3 Å². The lowest BCUT2D eigenvalue weighted by atomic mass is 9.80. The number of likely N-dealkylation sites (tertiary alicyclic amines) is 1. The van der Waals surface area contributed by atoms with Crippen LogP contribution in [-0.4, -0.2) is 63.1 Å². The maximum atomic E-state index is 13.7. The van der Waals surface area contributed by atoms with E-state index in [2.05, 4.69) is 43.1 Å². The molecule has 0 unspecified atom stereocenters. The molecule has 1 aliphatic carbocycles. The van der Waals surface area contributed by atoms with Crippen molar-refractivity contribution >= 4 is 11.8 Å². The Balaban J connectivity index is 1.25. The third kappa shape index (κ3) is 5.54. The maximum absolute atomic E-state index is 13.7. The summed E-state index contributed by atoms with van der Waals surface area (Å²) in [7, 11) is 0. The summed E-state index contributed by atoms with van der Waals surface area (Å²) in [5, 5.41) is 8.05. The number of unbranched alkanes of at least 4 members (excludes halogenated alkanes) is 1. The highest BCUT2D eigenvalue weighted by molar-refractivity contribution is 5.97. The van der Waals surface area contributed by atoms with E-state index in [-0.39, 0.29) is 29.8 Å². The Kier molecular flexibility index (Phi) is 8.51. The molecule has 5 rings (SSSR count). The molecule has 0 bridgehead atoms. The van der Waals surface area contributed by atoms with E-state index in [0.29, 0.717) is 12.5 Å². The number of carbonyl (C=O) groups excluding carboxylic acids is 2. The fourth-order valence-electron chi connectivity index (χ4n) is 6.97. The highest BCUT2D eigenvalue weighted by Gasteiger charge is 2.46. The Morgan fingerprint density at radius 1 is 0.947 bits per heavy atom. The van der Waals surface area contributed by atoms with Gasteiger partial charge in [-0.05, 0) is 83.0 Å². The monoisotopic (exact) mass is 519 g/mol. The van der Waals surface area contributed by atoms with E-state index < -0.39 is 0 Å². The summed E-state index contributed by atoms with van der Waals surface area (Å²) in [4.78, 5) is 31.7. The lowest BCUT2D eigenvalue weighted by Gasteiger charge is -2.46. The fourth-order valence-corrected chi connectivity index (χ4v) is 6.97. The second-order valence-electron chi connectivity index (χ2n) is 11.7. The minimum atomic E-state index is -0.319. The van der Waals surface area contributed by atoms with Gasteiger partial charge in [0.25, 0.3) is 0 Å². The van der Waals surface area contributed by atoms with Gasteiger partial charge in [-0.15, -0.1) is 0 Å². The van der Waals surface area contributed by atoms with Crippen molar-refractivity contribution in [2.24, 2.45) is 11.8 Å². The van der Waals surface area contributed by atoms with E-state index in [1.165, 1.54) is 30.5 Å². The molecule has 3 fully saturated rings. The van der Waals surface area contributed by atoms with Gasteiger partial charge in [0.2, 0.25) is 11.8 Å². The van der Waals surface area contributed by atoms with Gasteiger partial charge in [0, 0.05) is 24.3 Å². The number of hydrogen-bond acceptors (Lipinski definition) is 4. The number of hydrogen-bond donors (Lipinski definition) is 1. The standard InChI is InChI=1S/C31H45N5O2/c1-4-5-18-35-29(30(37)32-28(31(35)38)24-12-8-6-9-13-24)25-16-19-34(20-17-25)21-27-22(2)33-36(23(27)3)26-14-10-7-11-15-26/h7,10-11,14-15,24-25,28-29H,4-6,8-9,12-13,16-21H2,1-3H3,(H,32,37)/t28-,29-/m0/s1. The van der Waals surface area contributed by atoms with Gasteiger partial charge in [0.05, 0.1) is 11.4 Å². The van der Waals surface area contributed by atoms with Gasteiger partial charge in [0.1, 0.15) is 12.1 Å². The summed E-state index contributed by atoms with van der Waals surface area (Å²) in [6.45, 7) is 9.86.